The lowest BCUT2D eigenvalue weighted by Crippen LogP contribution is -2.07. The molecule has 0 spiro atoms. The molecule has 0 aliphatic carbocycles. The Bertz CT molecular complexity index is 475. The highest BCUT2D eigenvalue weighted by Gasteiger charge is 2.05. The first kappa shape index (κ1) is 12.3. The van der Waals surface area contributed by atoms with Crippen molar-refractivity contribution in [1.82, 2.24) is 0 Å². The van der Waals surface area contributed by atoms with Crippen LogP contribution in [0.5, 0.6) is 0 Å². The Morgan fingerprint density at radius 1 is 1.24 bits per heavy atom. The van der Waals surface area contributed by atoms with Crippen LogP contribution in [0.25, 0.3) is 0 Å². The Hall–Kier alpha value is -1.19. The number of benzene rings is 1. The Balaban J connectivity index is 2.11. The lowest BCUT2D eigenvalue weighted by molar-refractivity contribution is 0.527. The van der Waals surface area contributed by atoms with Crippen molar-refractivity contribution in [2.75, 3.05) is 0 Å². The summed E-state index contributed by atoms with van der Waals surface area (Å²) in [5.74, 6) is 0.962. The van der Waals surface area contributed by atoms with Crippen molar-refractivity contribution in [2.45, 2.75) is 36.1 Å². The largest absolute Gasteiger partial charge is 0.468 e. The van der Waals surface area contributed by atoms with Crippen LogP contribution in [0.4, 0.5) is 0 Å². The van der Waals surface area contributed by atoms with Gasteiger partial charge in [-0.25, -0.2) is 0 Å². The van der Waals surface area contributed by atoms with Crippen molar-refractivity contribution >= 4 is 11.8 Å². The minimum atomic E-state index is 0.143. The van der Waals surface area contributed by atoms with Gasteiger partial charge in [-0.2, -0.15) is 0 Å². The quantitative estimate of drug-likeness (QED) is 0.882. The van der Waals surface area contributed by atoms with Gasteiger partial charge in [-0.1, -0.05) is 30.8 Å². The molecule has 0 radical (unpaired) electrons. The standard InChI is InChI=1S/C14H17NOS/c1-3-13(15)11-4-6-12(7-5-11)17-14-8-9-16-10(14)2/h4-9,13H,3,15H2,1-2H3/t13-/m0/s1. The van der Waals surface area contributed by atoms with Crippen molar-refractivity contribution in [2.24, 2.45) is 5.73 Å². The second-order valence-corrected chi connectivity index (χ2v) is 5.14. The number of furan rings is 1. The minimum Gasteiger partial charge on any atom is -0.468 e. The average Bonchev–Trinajstić information content (AvgIpc) is 2.75. The topological polar surface area (TPSA) is 39.2 Å². The van der Waals surface area contributed by atoms with Gasteiger partial charge in [-0.05, 0) is 37.1 Å². The van der Waals surface area contributed by atoms with Crippen LogP contribution in [0.2, 0.25) is 0 Å². The van der Waals surface area contributed by atoms with Crippen molar-refractivity contribution < 1.29 is 4.42 Å². The van der Waals surface area contributed by atoms with E-state index >= 15 is 0 Å². The van der Waals surface area contributed by atoms with E-state index in [4.69, 9.17) is 10.2 Å². The molecule has 1 heterocycles. The molecule has 1 aromatic carbocycles. The van der Waals surface area contributed by atoms with Gasteiger partial charge in [-0.3, -0.25) is 0 Å². The summed E-state index contributed by atoms with van der Waals surface area (Å²) < 4.78 is 5.28. The van der Waals surface area contributed by atoms with E-state index in [0.717, 1.165) is 17.1 Å². The number of rotatable bonds is 4. The van der Waals surface area contributed by atoms with Gasteiger partial charge >= 0.3 is 0 Å². The fourth-order valence-corrected chi connectivity index (χ4v) is 2.47. The summed E-state index contributed by atoms with van der Waals surface area (Å²) in [6, 6.07) is 10.6. The zero-order valence-electron chi connectivity index (χ0n) is 10.1. The minimum absolute atomic E-state index is 0.143. The van der Waals surface area contributed by atoms with E-state index in [-0.39, 0.29) is 6.04 Å². The van der Waals surface area contributed by atoms with Gasteiger partial charge in [-0.15, -0.1) is 0 Å². The molecule has 0 aliphatic heterocycles. The number of hydrogen-bond acceptors (Lipinski definition) is 3. The van der Waals surface area contributed by atoms with Gasteiger partial charge in [0.05, 0.1) is 11.2 Å². The summed E-state index contributed by atoms with van der Waals surface area (Å²) in [5, 5.41) is 0. The van der Waals surface area contributed by atoms with Gasteiger partial charge < -0.3 is 10.2 Å². The SMILES string of the molecule is CC[C@H](N)c1ccc(Sc2ccoc2C)cc1. The van der Waals surface area contributed by atoms with Gasteiger partial charge in [0.15, 0.2) is 0 Å². The maximum atomic E-state index is 5.98. The molecule has 0 unspecified atom stereocenters. The van der Waals surface area contributed by atoms with Crippen LogP contribution < -0.4 is 5.73 Å². The molecule has 2 aromatic rings. The normalized spacial score (nSPS) is 12.6. The highest BCUT2D eigenvalue weighted by atomic mass is 32.2. The fourth-order valence-electron chi connectivity index (χ4n) is 1.62. The summed E-state index contributed by atoms with van der Waals surface area (Å²) in [7, 11) is 0. The Labute approximate surface area is 106 Å². The van der Waals surface area contributed by atoms with Crippen LogP contribution >= 0.6 is 11.8 Å². The Morgan fingerprint density at radius 2 is 1.94 bits per heavy atom. The first-order chi connectivity index (χ1) is 8.20. The summed E-state index contributed by atoms with van der Waals surface area (Å²) in [6.07, 6.45) is 2.69. The highest BCUT2D eigenvalue weighted by molar-refractivity contribution is 7.99. The molecule has 0 saturated carbocycles. The molecule has 2 rings (SSSR count). The summed E-state index contributed by atoms with van der Waals surface area (Å²) in [4.78, 5) is 2.37. The molecule has 2 nitrogen and oxygen atoms in total. The maximum Gasteiger partial charge on any atom is 0.114 e. The fraction of sp³-hybridized carbons (Fsp3) is 0.286. The van der Waals surface area contributed by atoms with Crippen LogP contribution in [0, 0.1) is 6.92 Å². The van der Waals surface area contributed by atoms with Crippen LogP contribution in [0.3, 0.4) is 0 Å². The molecule has 0 fully saturated rings. The molecule has 0 aliphatic rings. The van der Waals surface area contributed by atoms with E-state index in [2.05, 4.69) is 31.2 Å². The molecular weight excluding hydrogens is 230 g/mol. The molecule has 17 heavy (non-hydrogen) atoms. The molecule has 1 aromatic heterocycles. The summed E-state index contributed by atoms with van der Waals surface area (Å²) in [6.45, 7) is 4.08. The molecule has 1 atom stereocenters. The number of nitrogens with two attached hydrogens (primary N) is 1. The van der Waals surface area contributed by atoms with Crippen LogP contribution in [0.1, 0.15) is 30.7 Å². The predicted octanol–water partition coefficient (Wildman–Crippen LogP) is 4.15. The lowest BCUT2D eigenvalue weighted by Gasteiger charge is -2.09. The van der Waals surface area contributed by atoms with Crippen LogP contribution in [0.15, 0.2) is 50.8 Å². The predicted molar refractivity (Wildman–Crippen MR) is 71.2 cm³/mol. The molecule has 90 valence electrons. The van der Waals surface area contributed by atoms with Crippen molar-refractivity contribution in [3.8, 4) is 0 Å². The Kier molecular flexibility index (Phi) is 3.92. The molecule has 0 amide bonds. The van der Waals surface area contributed by atoms with E-state index in [0.29, 0.717) is 0 Å². The lowest BCUT2D eigenvalue weighted by atomic mass is 10.1. The third kappa shape index (κ3) is 2.93. The van der Waals surface area contributed by atoms with Crippen LogP contribution in [-0.2, 0) is 0 Å². The van der Waals surface area contributed by atoms with E-state index in [1.807, 2.05) is 13.0 Å². The maximum absolute atomic E-state index is 5.98. The third-order valence-electron chi connectivity index (χ3n) is 2.79. The number of aryl methyl sites for hydroxylation is 1. The summed E-state index contributed by atoms with van der Waals surface area (Å²) >= 11 is 1.71. The van der Waals surface area contributed by atoms with Crippen molar-refractivity contribution in [3.63, 3.8) is 0 Å². The highest BCUT2D eigenvalue weighted by Crippen LogP contribution is 2.31. The summed E-state index contributed by atoms with van der Waals surface area (Å²) in [5.41, 5.74) is 7.18. The van der Waals surface area contributed by atoms with Gasteiger partial charge in [0.25, 0.3) is 0 Å². The molecular formula is C14H17NOS. The smallest absolute Gasteiger partial charge is 0.114 e. The van der Waals surface area contributed by atoms with Crippen LogP contribution in [-0.4, -0.2) is 0 Å². The molecule has 0 bridgehead atoms. The molecule has 0 saturated heterocycles. The number of hydrogen-bond donors (Lipinski definition) is 1. The van der Waals surface area contributed by atoms with Gasteiger partial charge in [0.2, 0.25) is 0 Å². The van der Waals surface area contributed by atoms with E-state index in [9.17, 15) is 0 Å². The monoisotopic (exact) mass is 247 g/mol. The van der Waals surface area contributed by atoms with Gasteiger partial charge in [0.1, 0.15) is 5.76 Å². The first-order valence-electron chi connectivity index (χ1n) is 5.78. The molecule has 2 N–H and O–H groups in total. The third-order valence-corrected chi connectivity index (χ3v) is 3.94. The van der Waals surface area contributed by atoms with E-state index in [1.54, 1.807) is 18.0 Å². The zero-order valence-corrected chi connectivity index (χ0v) is 11.0. The average molecular weight is 247 g/mol. The van der Waals surface area contributed by atoms with E-state index in [1.165, 1.54) is 10.5 Å². The zero-order chi connectivity index (χ0) is 12.3. The Morgan fingerprint density at radius 3 is 2.47 bits per heavy atom. The van der Waals surface area contributed by atoms with Crippen molar-refractivity contribution in [1.29, 1.82) is 0 Å². The van der Waals surface area contributed by atoms with Crippen molar-refractivity contribution in [3.05, 3.63) is 47.9 Å². The first-order valence-corrected chi connectivity index (χ1v) is 6.60. The van der Waals surface area contributed by atoms with E-state index < -0.39 is 0 Å². The second kappa shape index (κ2) is 5.43. The van der Waals surface area contributed by atoms with Gasteiger partial charge in [0, 0.05) is 10.9 Å². The second-order valence-electron chi connectivity index (χ2n) is 4.03. The molecule has 3 heteroatoms.